The molecule has 0 spiro atoms. The molecule has 1 fully saturated rings. The Hall–Kier alpha value is -0.860. The van der Waals surface area contributed by atoms with Crippen molar-refractivity contribution in [3.05, 3.63) is 11.6 Å². The van der Waals surface area contributed by atoms with Crippen LogP contribution in [0.4, 0.5) is 0 Å². The minimum Gasteiger partial charge on any atom is -0.250 e. The summed E-state index contributed by atoms with van der Waals surface area (Å²) in [5.41, 5.74) is 0. The Morgan fingerprint density at radius 3 is 2.92 bits per heavy atom. The number of fused-ring (bicyclic) bond motifs is 1. The summed E-state index contributed by atoms with van der Waals surface area (Å²) < 4.78 is 2.12. The van der Waals surface area contributed by atoms with E-state index in [1.54, 1.807) is 0 Å². The van der Waals surface area contributed by atoms with Crippen molar-refractivity contribution in [3.63, 3.8) is 0 Å². The highest BCUT2D eigenvalue weighted by Crippen LogP contribution is 2.38. The van der Waals surface area contributed by atoms with E-state index in [2.05, 4.69) is 21.7 Å². The molecular formula is C10H15N3. The molecule has 3 rings (SSSR count). The van der Waals surface area contributed by atoms with Crippen LogP contribution < -0.4 is 0 Å². The van der Waals surface area contributed by atoms with Gasteiger partial charge in [-0.1, -0.05) is 6.92 Å². The molecule has 1 aromatic rings. The summed E-state index contributed by atoms with van der Waals surface area (Å²) in [7, 11) is 0. The first-order valence-corrected chi connectivity index (χ1v) is 5.26. The van der Waals surface area contributed by atoms with Crippen molar-refractivity contribution in [1.82, 2.24) is 14.8 Å². The first-order chi connectivity index (χ1) is 6.33. The van der Waals surface area contributed by atoms with Crippen molar-refractivity contribution in [3.8, 4) is 0 Å². The van der Waals surface area contributed by atoms with E-state index < -0.39 is 0 Å². The predicted octanol–water partition coefficient (Wildman–Crippen LogP) is 1.74. The second kappa shape index (κ2) is 2.56. The van der Waals surface area contributed by atoms with E-state index in [1.807, 2.05) is 0 Å². The van der Waals surface area contributed by atoms with Crippen molar-refractivity contribution in [2.24, 2.45) is 5.92 Å². The van der Waals surface area contributed by atoms with Crippen LogP contribution in [0.25, 0.3) is 0 Å². The number of hydrogen-bond donors (Lipinski definition) is 0. The summed E-state index contributed by atoms with van der Waals surface area (Å²) in [6, 6.07) is 0. The van der Waals surface area contributed by atoms with Crippen LogP contribution in [0.3, 0.4) is 0 Å². The van der Waals surface area contributed by atoms with E-state index in [0.717, 1.165) is 24.7 Å². The van der Waals surface area contributed by atoms with Gasteiger partial charge in [0, 0.05) is 18.9 Å². The van der Waals surface area contributed by atoms with Gasteiger partial charge in [0.1, 0.15) is 5.82 Å². The quantitative estimate of drug-likeness (QED) is 0.654. The molecule has 3 heteroatoms. The average molecular weight is 177 g/mol. The fraction of sp³-hybridized carbons (Fsp3) is 0.800. The van der Waals surface area contributed by atoms with Gasteiger partial charge in [-0.3, -0.25) is 0 Å². The van der Waals surface area contributed by atoms with Gasteiger partial charge in [-0.2, -0.15) is 5.10 Å². The van der Waals surface area contributed by atoms with Gasteiger partial charge in [0.25, 0.3) is 0 Å². The van der Waals surface area contributed by atoms with Crippen molar-refractivity contribution < 1.29 is 0 Å². The Bertz CT molecular complexity index is 325. The Morgan fingerprint density at radius 1 is 1.31 bits per heavy atom. The minimum absolute atomic E-state index is 0.702. The Balaban J connectivity index is 1.93. The molecule has 1 unspecified atom stereocenters. The number of hydrogen-bond acceptors (Lipinski definition) is 2. The van der Waals surface area contributed by atoms with Crippen molar-refractivity contribution >= 4 is 0 Å². The molecule has 0 bridgehead atoms. The second-order valence-electron chi connectivity index (χ2n) is 4.48. The summed E-state index contributed by atoms with van der Waals surface area (Å²) in [6.45, 7) is 3.38. The van der Waals surface area contributed by atoms with Crippen molar-refractivity contribution in [1.29, 1.82) is 0 Å². The summed E-state index contributed by atoms with van der Waals surface area (Å²) in [4.78, 5) is 4.62. The molecule has 0 saturated heterocycles. The lowest BCUT2D eigenvalue weighted by molar-refractivity contribution is 0.385. The SMILES string of the molecule is CC1CCn2nc(C3CC3)nc2C1. The number of aryl methyl sites for hydroxylation is 1. The molecule has 70 valence electrons. The maximum Gasteiger partial charge on any atom is 0.154 e. The van der Waals surface area contributed by atoms with E-state index in [1.165, 1.54) is 25.1 Å². The summed E-state index contributed by atoms with van der Waals surface area (Å²) in [6.07, 6.45) is 5.00. The van der Waals surface area contributed by atoms with Crippen LogP contribution in [0, 0.1) is 5.92 Å². The predicted molar refractivity (Wildman–Crippen MR) is 49.5 cm³/mol. The molecule has 2 aliphatic rings. The minimum atomic E-state index is 0.702. The van der Waals surface area contributed by atoms with Crippen LogP contribution in [0.5, 0.6) is 0 Å². The molecule has 1 saturated carbocycles. The maximum atomic E-state index is 4.62. The summed E-state index contributed by atoms with van der Waals surface area (Å²) >= 11 is 0. The normalized spacial score (nSPS) is 27.3. The Kier molecular flexibility index (Phi) is 1.49. The highest BCUT2D eigenvalue weighted by molar-refractivity contribution is 5.07. The smallest absolute Gasteiger partial charge is 0.154 e. The average Bonchev–Trinajstić information content (AvgIpc) is 2.87. The van der Waals surface area contributed by atoms with Crippen LogP contribution in [0.15, 0.2) is 0 Å². The maximum absolute atomic E-state index is 4.62. The molecule has 1 aromatic heterocycles. The molecule has 1 atom stereocenters. The van der Waals surface area contributed by atoms with E-state index in [9.17, 15) is 0 Å². The lowest BCUT2D eigenvalue weighted by Crippen LogP contribution is -2.18. The number of nitrogens with zero attached hydrogens (tertiary/aromatic N) is 3. The molecule has 2 heterocycles. The third-order valence-electron chi connectivity index (χ3n) is 3.07. The van der Waals surface area contributed by atoms with Crippen LogP contribution in [0.1, 0.15) is 43.8 Å². The van der Waals surface area contributed by atoms with Crippen LogP contribution in [0.2, 0.25) is 0 Å². The van der Waals surface area contributed by atoms with Crippen molar-refractivity contribution in [2.75, 3.05) is 0 Å². The topological polar surface area (TPSA) is 30.7 Å². The number of aromatic nitrogens is 3. The summed E-state index contributed by atoms with van der Waals surface area (Å²) in [5.74, 6) is 3.84. The molecular weight excluding hydrogens is 162 g/mol. The van der Waals surface area contributed by atoms with Gasteiger partial charge >= 0.3 is 0 Å². The third-order valence-corrected chi connectivity index (χ3v) is 3.07. The molecule has 1 aliphatic heterocycles. The zero-order valence-electron chi connectivity index (χ0n) is 8.03. The van der Waals surface area contributed by atoms with Crippen LogP contribution >= 0.6 is 0 Å². The molecule has 3 nitrogen and oxygen atoms in total. The fourth-order valence-corrected chi connectivity index (χ4v) is 1.99. The first-order valence-electron chi connectivity index (χ1n) is 5.26. The Labute approximate surface area is 78.2 Å². The number of rotatable bonds is 1. The van der Waals surface area contributed by atoms with Gasteiger partial charge in [-0.15, -0.1) is 0 Å². The van der Waals surface area contributed by atoms with Gasteiger partial charge in [-0.25, -0.2) is 9.67 Å². The summed E-state index contributed by atoms with van der Waals surface area (Å²) in [5, 5.41) is 4.55. The van der Waals surface area contributed by atoms with Gasteiger partial charge in [0.05, 0.1) is 0 Å². The van der Waals surface area contributed by atoms with E-state index >= 15 is 0 Å². The zero-order valence-corrected chi connectivity index (χ0v) is 8.03. The highest BCUT2D eigenvalue weighted by Gasteiger charge is 2.30. The third kappa shape index (κ3) is 1.26. The molecule has 0 radical (unpaired) electrons. The molecule has 0 N–H and O–H groups in total. The van der Waals surface area contributed by atoms with E-state index in [4.69, 9.17) is 0 Å². The van der Waals surface area contributed by atoms with Gasteiger partial charge in [-0.05, 0) is 25.2 Å². The monoisotopic (exact) mass is 177 g/mol. The lowest BCUT2D eigenvalue weighted by atomic mass is 10.0. The first kappa shape index (κ1) is 7.54. The second-order valence-corrected chi connectivity index (χ2v) is 4.48. The van der Waals surface area contributed by atoms with Crippen LogP contribution in [-0.2, 0) is 13.0 Å². The molecule has 13 heavy (non-hydrogen) atoms. The van der Waals surface area contributed by atoms with Gasteiger partial charge < -0.3 is 0 Å². The molecule has 0 amide bonds. The fourth-order valence-electron chi connectivity index (χ4n) is 1.99. The van der Waals surface area contributed by atoms with Gasteiger partial charge in [0.2, 0.25) is 0 Å². The van der Waals surface area contributed by atoms with E-state index in [0.29, 0.717) is 5.92 Å². The standard InChI is InChI=1S/C10H15N3/c1-7-4-5-13-9(6-7)11-10(12-13)8-2-3-8/h7-8H,2-6H2,1H3. The molecule has 0 aromatic carbocycles. The lowest BCUT2D eigenvalue weighted by Gasteiger charge is -2.17. The largest absolute Gasteiger partial charge is 0.250 e. The van der Waals surface area contributed by atoms with Crippen molar-refractivity contribution in [2.45, 2.75) is 45.1 Å². The highest BCUT2D eigenvalue weighted by atomic mass is 15.4. The Morgan fingerprint density at radius 2 is 2.15 bits per heavy atom. The van der Waals surface area contributed by atoms with Crippen LogP contribution in [-0.4, -0.2) is 14.8 Å². The molecule has 1 aliphatic carbocycles. The van der Waals surface area contributed by atoms with E-state index in [-0.39, 0.29) is 0 Å². The van der Waals surface area contributed by atoms with Gasteiger partial charge in [0.15, 0.2) is 5.82 Å². The zero-order chi connectivity index (χ0) is 8.84.